The van der Waals surface area contributed by atoms with E-state index in [0.717, 1.165) is 40.3 Å². The molecule has 1 aliphatic carbocycles. The van der Waals surface area contributed by atoms with Gasteiger partial charge in [-0.2, -0.15) is 5.10 Å². The number of aromatic nitrogens is 3. The Kier molecular flexibility index (Phi) is 5.43. The van der Waals surface area contributed by atoms with E-state index in [1.54, 1.807) is 29.9 Å². The molecule has 0 fully saturated rings. The molecule has 2 N–H and O–H groups in total. The van der Waals surface area contributed by atoms with Crippen LogP contribution in [-0.2, 0) is 16.0 Å². The van der Waals surface area contributed by atoms with E-state index in [-0.39, 0.29) is 18.1 Å². The first-order valence-corrected chi connectivity index (χ1v) is 9.27. The first-order valence-electron chi connectivity index (χ1n) is 8.45. The van der Waals surface area contributed by atoms with Gasteiger partial charge in [-0.15, -0.1) is 11.3 Å². The van der Waals surface area contributed by atoms with Gasteiger partial charge in [0.05, 0.1) is 6.20 Å². The zero-order valence-corrected chi connectivity index (χ0v) is 14.9. The highest BCUT2D eigenvalue weighted by Gasteiger charge is 2.23. The van der Waals surface area contributed by atoms with E-state index in [0.29, 0.717) is 18.4 Å². The number of thiazole rings is 1. The SMILES string of the molecule is CC(Cc1cnc(-c2cn[nH]c2)s1)C(=O)CC1=C(C(=O)O)CCCC1. The molecule has 0 amide bonds. The van der Waals surface area contributed by atoms with E-state index in [4.69, 9.17) is 0 Å². The van der Waals surface area contributed by atoms with Gasteiger partial charge in [0.1, 0.15) is 10.8 Å². The Balaban J connectivity index is 1.64. The molecule has 1 aliphatic rings. The highest BCUT2D eigenvalue weighted by atomic mass is 32.1. The molecular weight excluding hydrogens is 338 g/mol. The van der Waals surface area contributed by atoms with Gasteiger partial charge in [-0.25, -0.2) is 9.78 Å². The first kappa shape index (κ1) is 17.5. The van der Waals surface area contributed by atoms with Gasteiger partial charge in [0, 0.05) is 40.7 Å². The summed E-state index contributed by atoms with van der Waals surface area (Å²) in [6, 6.07) is 0. The van der Waals surface area contributed by atoms with Crippen LogP contribution in [0.4, 0.5) is 0 Å². The van der Waals surface area contributed by atoms with Crippen LogP contribution < -0.4 is 0 Å². The zero-order valence-electron chi connectivity index (χ0n) is 14.1. The maximum absolute atomic E-state index is 12.6. The van der Waals surface area contributed by atoms with Crippen LogP contribution in [0.5, 0.6) is 0 Å². The zero-order chi connectivity index (χ0) is 17.8. The first-order chi connectivity index (χ1) is 12.0. The number of allylic oxidation sites excluding steroid dienone is 1. The van der Waals surface area contributed by atoms with Gasteiger partial charge in [0.25, 0.3) is 0 Å². The Bertz CT molecular complexity index is 792. The number of carbonyl (C=O) groups excluding carboxylic acids is 1. The normalized spacial score (nSPS) is 16.0. The highest BCUT2D eigenvalue weighted by molar-refractivity contribution is 7.15. The lowest BCUT2D eigenvalue weighted by molar-refractivity contribution is -0.133. The number of carboxylic acids is 1. The molecule has 0 spiro atoms. The number of nitrogens with zero attached hydrogens (tertiary/aromatic N) is 2. The number of aromatic amines is 1. The number of hydrogen-bond acceptors (Lipinski definition) is 5. The molecule has 0 aliphatic heterocycles. The largest absolute Gasteiger partial charge is 0.478 e. The second-order valence-electron chi connectivity index (χ2n) is 6.46. The monoisotopic (exact) mass is 359 g/mol. The topological polar surface area (TPSA) is 95.9 Å². The van der Waals surface area contributed by atoms with Crippen LogP contribution in [0.1, 0.15) is 43.9 Å². The number of aliphatic carboxylic acids is 1. The van der Waals surface area contributed by atoms with Crippen LogP contribution in [-0.4, -0.2) is 32.0 Å². The predicted octanol–water partition coefficient (Wildman–Crippen LogP) is 3.63. The average molecular weight is 359 g/mol. The molecule has 2 aromatic rings. The van der Waals surface area contributed by atoms with Crippen molar-refractivity contribution in [2.75, 3.05) is 0 Å². The Morgan fingerprint density at radius 3 is 2.84 bits per heavy atom. The summed E-state index contributed by atoms with van der Waals surface area (Å²) in [5.41, 5.74) is 2.21. The molecule has 25 heavy (non-hydrogen) atoms. The molecule has 132 valence electrons. The lowest BCUT2D eigenvalue weighted by atomic mass is 9.86. The molecule has 0 saturated heterocycles. The summed E-state index contributed by atoms with van der Waals surface area (Å²) in [4.78, 5) is 29.3. The highest BCUT2D eigenvalue weighted by Crippen LogP contribution is 2.30. The number of carboxylic acid groups (broad SMARTS) is 1. The fourth-order valence-corrected chi connectivity index (χ4v) is 4.15. The number of H-pyrrole nitrogens is 1. The van der Waals surface area contributed by atoms with Crippen molar-refractivity contribution in [3.05, 3.63) is 34.6 Å². The Morgan fingerprint density at radius 1 is 1.32 bits per heavy atom. The summed E-state index contributed by atoms with van der Waals surface area (Å²) in [6.45, 7) is 1.91. The lowest BCUT2D eigenvalue weighted by Gasteiger charge is -2.18. The van der Waals surface area contributed by atoms with E-state index in [2.05, 4.69) is 15.2 Å². The molecule has 6 nitrogen and oxygen atoms in total. The van der Waals surface area contributed by atoms with Gasteiger partial charge in [-0.05, 0) is 32.1 Å². The minimum atomic E-state index is -0.873. The second-order valence-corrected chi connectivity index (χ2v) is 7.58. The van der Waals surface area contributed by atoms with Crippen molar-refractivity contribution in [3.8, 4) is 10.6 Å². The molecule has 2 heterocycles. The molecule has 0 bridgehead atoms. The molecule has 1 atom stereocenters. The van der Waals surface area contributed by atoms with Crippen LogP contribution in [0.3, 0.4) is 0 Å². The van der Waals surface area contributed by atoms with Gasteiger partial charge in [-0.1, -0.05) is 12.5 Å². The van der Waals surface area contributed by atoms with Gasteiger partial charge < -0.3 is 5.11 Å². The van der Waals surface area contributed by atoms with E-state index < -0.39 is 5.97 Å². The van der Waals surface area contributed by atoms with Crippen LogP contribution in [0.15, 0.2) is 29.7 Å². The summed E-state index contributed by atoms with van der Waals surface area (Å²) >= 11 is 1.56. The summed E-state index contributed by atoms with van der Waals surface area (Å²) in [6.07, 6.45) is 9.38. The van der Waals surface area contributed by atoms with Crippen molar-refractivity contribution in [1.82, 2.24) is 15.2 Å². The van der Waals surface area contributed by atoms with E-state index in [1.807, 2.05) is 6.92 Å². The number of hydrogen-bond donors (Lipinski definition) is 2. The Hall–Kier alpha value is -2.28. The Labute approximate surface area is 150 Å². The molecule has 0 aromatic carbocycles. The lowest BCUT2D eigenvalue weighted by Crippen LogP contribution is -2.17. The van der Waals surface area contributed by atoms with Gasteiger partial charge in [0.15, 0.2) is 0 Å². The third-order valence-electron chi connectivity index (χ3n) is 4.58. The standard InChI is InChI=1S/C18H21N3O3S/c1-11(6-14-10-19-17(25-14)13-8-20-21-9-13)16(22)7-12-4-2-3-5-15(12)18(23)24/h8-11H,2-7H2,1H3,(H,20,21)(H,23,24). The fourth-order valence-electron chi connectivity index (χ4n) is 3.12. The van der Waals surface area contributed by atoms with Crippen molar-refractivity contribution in [2.24, 2.45) is 5.92 Å². The maximum atomic E-state index is 12.6. The van der Waals surface area contributed by atoms with Crippen LogP contribution in [0.25, 0.3) is 10.6 Å². The van der Waals surface area contributed by atoms with Crippen LogP contribution in [0, 0.1) is 5.92 Å². The minimum Gasteiger partial charge on any atom is -0.478 e. The van der Waals surface area contributed by atoms with E-state index in [9.17, 15) is 14.7 Å². The quantitative estimate of drug-likeness (QED) is 0.787. The number of rotatable bonds is 7. The molecular formula is C18H21N3O3S. The van der Waals surface area contributed by atoms with E-state index in [1.165, 1.54) is 0 Å². The number of ketones is 1. The average Bonchev–Trinajstić information content (AvgIpc) is 3.26. The van der Waals surface area contributed by atoms with Gasteiger partial charge >= 0.3 is 5.97 Å². The van der Waals surface area contributed by atoms with Gasteiger partial charge in [-0.3, -0.25) is 9.89 Å². The van der Waals surface area contributed by atoms with E-state index >= 15 is 0 Å². The minimum absolute atomic E-state index is 0.105. The summed E-state index contributed by atoms with van der Waals surface area (Å²) in [5.74, 6) is -0.918. The molecule has 0 radical (unpaired) electrons. The molecule has 1 unspecified atom stereocenters. The maximum Gasteiger partial charge on any atom is 0.331 e. The summed E-state index contributed by atoms with van der Waals surface area (Å²) in [7, 11) is 0. The third kappa shape index (κ3) is 4.22. The number of carbonyl (C=O) groups is 2. The molecule has 3 rings (SSSR count). The van der Waals surface area contributed by atoms with Crippen LogP contribution >= 0.6 is 11.3 Å². The number of nitrogens with one attached hydrogen (secondary N) is 1. The van der Waals surface area contributed by atoms with Crippen molar-refractivity contribution in [2.45, 2.75) is 45.4 Å². The smallest absolute Gasteiger partial charge is 0.331 e. The van der Waals surface area contributed by atoms with Crippen molar-refractivity contribution >= 4 is 23.1 Å². The Morgan fingerprint density at radius 2 is 2.12 bits per heavy atom. The second kappa shape index (κ2) is 7.74. The summed E-state index contributed by atoms with van der Waals surface area (Å²) in [5, 5.41) is 16.9. The predicted molar refractivity (Wildman–Crippen MR) is 95.3 cm³/mol. The fraction of sp³-hybridized carbons (Fsp3) is 0.444. The van der Waals surface area contributed by atoms with Crippen LogP contribution in [0.2, 0.25) is 0 Å². The van der Waals surface area contributed by atoms with Crippen molar-refractivity contribution in [1.29, 1.82) is 0 Å². The molecule has 0 saturated carbocycles. The van der Waals surface area contributed by atoms with Crippen molar-refractivity contribution in [3.63, 3.8) is 0 Å². The molecule has 7 heteroatoms. The third-order valence-corrected chi connectivity index (χ3v) is 5.65. The summed E-state index contributed by atoms with van der Waals surface area (Å²) < 4.78 is 0. The van der Waals surface area contributed by atoms with Gasteiger partial charge in [0.2, 0.25) is 0 Å². The number of Topliss-reactive ketones (excluding diaryl/α,β-unsaturated/α-hetero) is 1. The van der Waals surface area contributed by atoms with Crippen molar-refractivity contribution < 1.29 is 14.7 Å². The molecule has 2 aromatic heterocycles.